The average molecular weight is 305 g/mol. The molecule has 2 aromatic carbocycles. The third kappa shape index (κ3) is 2.53. The third-order valence-corrected chi connectivity index (χ3v) is 3.58. The number of aliphatic hydroxyl groups is 1. The number of H-pyrrole nitrogens is 2. The second-order valence-corrected chi connectivity index (χ2v) is 5.11. The number of hydrogen-bond acceptors (Lipinski definition) is 3. The van der Waals surface area contributed by atoms with E-state index in [1.807, 2.05) is 0 Å². The summed E-state index contributed by atoms with van der Waals surface area (Å²) < 4.78 is 5.25. The quantitative estimate of drug-likeness (QED) is 0.696. The molecule has 0 aliphatic carbocycles. The Morgan fingerprint density at radius 2 is 1.90 bits per heavy atom. The summed E-state index contributed by atoms with van der Waals surface area (Å²) in [5, 5.41) is 11.1. The highest BCUT2D eigenvalue weighted by Gasteiger charge is 2.16. The highest BCUT2D eigenvalue weighted by molar-refractivity contribution is 6.30. The standard InChI is InChI=1S/C15H13ClN2O3/c1-21-13-5-3-9(16)7-10(13)14(19)8-2-4-11-12(6-8)18-15(20)17-11/h2-7,14,19H,1H3,(H2,17,18,20). The highest BCUT2D eigenvalue weighted by Crippen LogP contribution is 2.32. The molecule has 21 heavy (non-hydrogen) atoms. The van der Waals surface area contributed by atoms with Crippen molar-refractivity contribution in [2.45, 2.75) is 6.10 Å². The molecule has 0 saturated heterocycles. The van der Waals surface area contributed by atoms with Gasteiger partial charge in [-0.05, 0) is 35.9 Å². The van der Waals surface area contributed by atoms with Crippen molar-refractivity contribution in [1.82, 2.24) is 9.97 Å². The van der Waals surface area contributed by atoms with Crippen LogP contribution in [0.4, 0.5) is 0 Å². The lowest BCUT2D eigenvalue weighted by Gasteiger charge is -2.15. The van der Waals surface area contributed by atoms with Crippen molar-refractivity contribution >= 4 is 22.6 Å². The van der Waals surface area contributed by atoms with Gasteiger partial charge in [0.2, 0.25) is 0 Å². The van der Waals surface area contributed by atoms with Gasteiger partial charge in [-0.2, -0.15) is 0 Å². The number of benzene rings is 2. The predicted octanol–water partition coefficient (Wildman–Crippen LogP) is 2.60. The summed E-state index contributed by atoms with van der Waals surface area (Å²) in [6.45, 7) is 0. The molecule has 0 aliphatic heterocycles. The van der Waals surface area contributed by atoms with Crippen molar-refractivity contribution < 1.29 is 9.84 Å². The Balaban J connectivity index is 2.09. The van der Waals surface area contributed by atoms with Gasteiger partial charge in [-0.3, -0.25) is 0 Å². The number of nitrogens with one attached hydrogen (secondary N) is 2. The lowest BCUT2D eigenvalue weighted by molar-refractivity contribution is 0.215. The third-order valence-electron chi connectivity index (χ3n) is 3.34. The zero-order valence-corrected chi connectivity index (χ0v) is 11.9. The topological polar surface area (TPSA) is 78.1 Å². The summed E-state index contributed by atoms with van der Waals surface area (Å²) >= 11 is 5.98. The first-order valence-corrected chi connectivity index (χ1v) is 6.70. The van der Waals surface area contributed by atoms with Crippen molar-refractivity contribution in [3.05, 3.63) is 63.0 Å². The van der Waals surface area contributed by atoms with Crippen molar-refractivity contribution in [3.63, 3.8) is 0 Å². The Labute approximate surface area is 125 Å². The normalized spacial score (nSPS) is 12.5. The number of aliphatic hydroxyl groups excluding tert-OH is 1. The average Bonchev–Trinajstić information content (AvgIpc) is 2.85. The Kier molecular flexibility index (Phi) is 3.45. The molecular formula is C15H13ClN2O3. The van der Waals surface area contributed by atoms with Gasteiger partial charge < -0.3 is 19.8 Å². The number of hydrogen-bond donors (Lipinski definition) is 3. The lowest BCUT2D eigenvalue weighted by atomic mass is 10.0. The number of ether oxygens (including phenoxy) is 1. The first-order valence-electron chi connectivity index (χ1n) is 6.32. The fraction of sp³-hybridized carbons (Fsp3) is 0.133. The van der Waals surface area contributed by atoms with Gasteiger partial charge in [-0.25, -0.2) is 4.79 Å². The van der Waals surface area contributed by atoms with Gasteiger partial charge >= 0.3 is 5.69 Å². The molecule has 1 unspecified atom stereocenters. The van der Waals surface area contributed by atoms with E-state index in [-0.39, 0.29) is 5.69 Å². The first kappa shape index (κ1) is 13.7. The van der Waals surface area contributed by atoms with E-state index in [0.29, 0.717) is 32.9 Å². The maximum absolute atomic E-state index is 11.3. The van der Waals surface area contributed by atoms with Crippen molar-refractivity contribution in [2.75, 3.05) is 7.11 Å². The number of aromatic amines is 2. The summed E-state index contributed by atoms with van der Waals surface area (Å²) in [5.74, 6) is 0.551. The van der Waals surface area contributed by atoms with Crippen molar-refractivity contribution in [3.8, 4) is 5.75 Å². The van der Waals surface area contributed by atoms with Crippen molar-refractivity contribution in [2.24, 2.45) is 0 Å². The van der Waals surface area contributed by atoms with Crippen LogP contribution < -0.4 is 10.4 Å². The van der Waals surface area contributed by atoms with E-state index in [4.69, 9.17) is 16.3 Å². The number of imidazole rings is 1. The molecule has 1 heterocycles. The number of halogens is 1. The van der Waals surface area contributed by atoms with E-state index in [0.717, 1.165) is 0 Å². The molecule has 1 aromatic heterocycles. The molecule has 0 saturated carbocycles. The molecule has 3 rings (SSSR count). The highest BCUT2D eigenvalue weighted by atomic mass is 35.5. The van der Waals surface area contributed by atoms with Gasteiger partial charge in [0.05, 0.1) is 18.1 Å². The number of methoxy groups -OCH3 is 1. The Bertz CT molecular complexity index is 853. The Morgan fingerprint density at radius 1 is 1.14 bits per heavy atom. The van der Waals surface area contributed by atoms with Crippen LogP contribution in [-0.4, -0.2) is 22.2 Å². The van der Waals surface area contributed by atoms with Crippen LogP contribution in [-0.2, 0) is 0 Å². The van der Waals surface area contributed by atoms with Crippen LogP contribution in [0.3, 0.4) is 0 Å². The van der Waals surface area contributed by atoms with E-state index in [1.54, 1.807) is 36.4 Å². The van der Waals surface area contributed by atoms with Crippen LogP contribution in [0.2, 0.25) is 5.02 Å². The Hall–Kier alpha value is -2.24. The summed E-state index contributed by atoms with van der Waals surface area (Å²) in [5.41, 5.74) is 2.25. The molecule has 0 spiro atoms. The maximum atomic E-state index is 11.3. The monoisotopic (exact) mass is 304 g/mol. The van der Waals surface area contributed by atoms with Gasteiger partial charge in [0, 0.05) is 10.6 Å². The second-order valence-electron chi connectivity index (χ2n) is 4.67. The smallest absolute Gasteiger partial charge is 0.323 e. The number of aromatic nitrogens is 2. The molecule has 0 amide bonds. The van der Waals surface area contributed by atoms with E-state index in [2.05, 4.69) is 9.97 Å². The molecule has 3 aromatic rings. The molecule has 3 N–H and O–H groups in total. The summed E-state index contributed by atoms with van der Waals surface area (Å²) in [4.78, 5) is 16.6. The predicted molar refractivity (Wildman–Crippen MR) is 81.0 cm³/mol. The molecule has 0 bridgehead atoms. The molecule has 0 fully saturated rings. The molecule has 108 valence electrons. The summed E-state index contributed by atoms with van der Waals surface area (Å²) in [6.07, 6.45) is -0.901. The van der Waals surface area contributed by atoms with Gasteiger partial charge in [0.15, 0.2) is 0 Å². The Morgan fingerprint density at radius 3 is 2.67 bits per heavy atom. The van der Waals surface area contributed by atoms with E-state index < -0.39 is 6.10 Å². The van der Waals surface area contributed by atoms with E-state index >= 15 is 0 Å². The van der Waals surface area contributed by atoms with Crippen LogP contribution in [0.15, 0.2) is 41.2 Å². The molecule has 5 nitrogen and oxygen atoms in total. The minimum absolute atomic E-state index is 0.281. The van der Waals surface area contributed by atoms with Crippen LogP contribution in [0.1, 0.15) is 17.2 Å². The zero-order valence-electron chi connectivity index (χ0n) is 11.2. The fourth-order valence-electron chi connectivity index (χ4n) is 2.32. The van der Waals surface area contributed by atoms with Gasteiger partial charge in [-0.1, -0.05) is 17.7 Å². The van der Waals surface area contributed by atoms with Crippen LogP contribution in [0.5, 0.6) is 5.75 Å². The molecule has 0 aliphatic rings. The number of rotatable bonds is 3. The van der Waals surface area contributed by atoms with Gasteiger partial charge in [0.25, 0.3) is 0 Å². The minimum atomic E-state index is -0.901. The van der Waals surface area contributed by atoms with Gasteiger partial charge in [0.1, 0.15) is 11.9 Å². The van der Waals surface area contributed by atoms with E-state index in [1.165, 1.54) is 7.11 Å². The second kappa shape index (κ2) is 5.27. The number of fused-ring (bicyclic) bond motifs is 1. The van der Waals surface area contributed by atoms with Gasteiger partial charge in [-0.15, -0.1) is 0 Å². The summed E-state index contributed by atoms with van der Waals surface area (Å²) in [6, 6.07) is 10.3. The molecule has 1 atom stereocenters. The maximum Gasteiger partial charge on any atom is 0.323 e. The summed E-state index contributed by atoms with van der Waals surface area (Å²) in [7, 11) is 1.53. The van der Waals surface area contributed by atoms with Crippen LogP contribution in [0, 0.1) is 0 Å². The van der Waals surface area contributed by atoms with Crippen LogP contribution >= 0.6 is 11.6 Å². The minimum Gasteiger partial charge on any atom is -0.496 e. The lowest BCUT2D eigenvalue weighted by Crippen LogP contribution is -2.02. The van der Waals surface area contributed by atoms with E-state index in [9.17, 15) is 9.90 Å². The first-order chi connectivity index (χ1) is 10.1. The van der Waals surface area contributed by atoms with Crippen molar-refractivity contribution in [1.29, 1.82) is 0 Å². The largest absolute Gasteiger partial charge is 0.496 e. The molecule has 6 heteroatoms. The molecular weight excluding hydrogens is 292 g/mol. The molecule has 0 radical (unpaired) electrons. The SMILES string of the molecule is COc1ccc(Cl)cc1C(O)c1ccc2[nH]c(=O)[nH]c2c1. The zero-order chi connectivity index (χ0) is 15.0. The fourth-order valence-corrected chi connectivity index (χ4v) is 2.50. The van der Waals surface area contributed by atoms with Crippen LogP contribution in [0.25, 0.3) is 11.0 Å².